The largest absolute Gasteiger partial charge is 0.434 e. The lowest BCUT2D eigenvalue weighted by atomic mass is 10.4. The molecule has 1 heterocycles. The highest BCUT2D eigenvalue weighted by Gasteiger charge is 2.32. The van der Waals surface area contributed by atoms with E-state index in [9.17, 15) is 13.2 Å². The molecule has 0 bridgehead atoms. The molecule has 1 N–H and O–H groups in total. The molecule has 0 saturated carbocycles. The first kappa shape index (κ1) is 9.91. The molecule has 13 heavy (non-hydrogen) atoms. The highest BCUT2D eigenvalue weighted by molar-refractivity contribution is 5.04. The highest BCUT2D eigenvalue weighted by Crippen LogP contribution is 2.26. The number of aromatic nitrogens is 2. The molecule has 6 heteroatoms. The minimum Gasteiger partial charge on any atom is -0.314 e. The summed E-state index contributed by atoms with van der Waals surface area (Å²) >= 11 is 0. The van der Waals surface area contributed by atoms with Crippen LogP contribution in [0.2, 0.25) is 0 Å². The van der Waals surface area contributed by atoms with E-state index >= 15 is 0 Å². The fourth-order valence-electron chi connectivity index (χ4n) is 0.774. The highest BCUT2D eigenvalue weighted by atomic mass is 19.4. The van der Waals surface area contributed by atoms with Crippen LogP contribution in [0.5, 0.6) is 0 Å². The molecule has 1 aromatic rings. The number of nitrogens with zero attached hydrogens (tertiary/aromatic N) is 2. The Morgan fingerprint density at radius 1 is 1.31 bits per heavy atom. The van der Waals surface area contributed by atoms with Crippen molar-refractivity contribution in [2.75, 3.05) is 7.05 Å². The van der Waals surface area contributed by atoms with E-state index in [0.717, 1.165) is 12.4 Å². The van der Waals surface area contributed by atoms with Crippen LogP contribution >= 0.6 is 0 Å². The van der Waals surface area contributed by atoms with Crippen LogP contribution < -0.4 is 5.32 Å². The van der Waals surface area contributed by atoms with Gasteiger partial charge in [0.2, 0.25) is 0 Å². The van der Waals surface area contributed by atoms with Crippen LogP contribution in [0.1, 0.15) is 11.4 Å². The molecule has 0 amide bonds. The molecule has 1 rings (SSSR count). The van der Waals surface area contributed by atoms with E-state index in [1.165, 1.54) is 0 Å². The average Bonchev–Trinajstić information content (AvgIpc) is 2.04. The van der Waals surface area contributed by atoms with Gasteiger partial charge in [0.15, 0.2) is 5.69 Å². The van der Waals surface area contributed by atoms with Crippen molar-refractivity contribution in [3.63, 3.8) is 0 Å². The van der Waals surface area contributed by atoms with Crippen molar-refractivity contribution in [2.24, 2.45) is 0 Å². The average molecular weight is 191 g/mol. The topological polar surface area (TPSA) is 37.8 Å². The van der Waals surface area contributed by atoms with Gasteiger partial charge in [0.05, 0.1) is 18.1 Å². The van der Waals surface area contributed by atoms with Crippen molar-refractivity contribution in [3.8, 4) is 0 Å². The molecule has 1 aromatic heterocycles. The number of hydrogen-bond acceptors (Lipinski definition) is 3. The van der Waals surface area contributed by atoms with E-state index in [4.69, 9.17) is 0 Å². The number of hydrogen-bond donors (Lipinski definition) is 1. The summed E-state index contributed by atoms with van der Waals surface area (Å²) in [5, 5.41) is 2.76. The number of alkyl halides is 3. The van der Waals surface area contributed by atoms with E-state index in [2.05, 4.69) is 15.3 Å². The van der Waals surface area contributed by atoms with Crippen molar-refractivity contribution in [2.45, 2.75) is 12.7 Å². The second-order valence-electron chi connectivity index (χ2n) is 2.42. The van der Waals surface area contributed by atoms with Crippen LogP contribution in [0.15, 0.2) is 12.4 Å². The van der Waals surface area contributed by atoms with Crippen molar-refractivity contribution in [1.29, 1.82) is 0 Å². The zero-order valence-electron chi connectivity index (χ0n) is 6.89. The molecular formula is C7H8F3N3. The first-order valence-corrected chi connectivity index (χ1v) is 3.57. The third-order valence-electron chi connectivity index (χ3n) is 1.35. The molecule has 0 aromatic carbocycles. The van der Waals surface area contributed by atoms with E-state index in [-0.39, 0.29) is 0 Å². The molecule has 0 saturated heterocycles. The zero-order chi connectivity index (χ0) is 9.90. The Morgan fingerprint density at radius 3 is 2.38 bits per heavy atom. The molecule has 0 fully saturated rings. The normalized spacial score (nSPS) is 11.7. The standard InChI is InChI=1S/C7H8F3N3/c1-11-2-5-3-13-6(4-12-5)7(8,9)10/h3-4,11H,2H2,1H3. The van der Waals surface area contributed by atoms with E-state index in [0.29, 0.717) is 12.2 Å². The molecule has 0 aliphatic rings. The van der Waals surface area contributed by atoms with Gasteiger partial charge >= 0.3 is 6.18 Å². The Bertz CT molecular complexity index is 267. The minimum atomic E-state index is -4.41. The van der Waals surface area contributed by atoms with Crippen LogP contribution in [-0.2, 0) is 12.7 Å². The van der Waals surface area contributed by atoms with E-state index in [1.807, 2.05) is 0 Å². The summed E-state index contributed by atoms with van der Waals surface area (Å²) in [5.74, 6) is 0. The van der Waals surface area contributed by atoms with Crippen molar-refractivity contribution >= 4 is 0 Å². The number of rotatable bonds is 2. The first-order chi connectivity index (χ1) is 6.04. The molecule has 0 aliphatic heterocycles. The second kappa shape index (κ2) is 3.69. The maximum absolute atomic E-state index is 12.0. The maximum atomic E-state index is 12.0. The summed E-state index contributed by atoms with van der Waals surface area (Å²) in [6, 6.07) is 0. The molecule has 0 spiro atoms. The van der Waals surface area contributed by atoms with Crippen LogP contribution in [0.4, 0.5) is 13.2 Å². The van der Waals surface area contributed by atoms with Crippen LogP contribution in [0.3, 0.4) is 0 Å². The number of halogens is 3. The zero-order valence-corrected chi connectivity index (χ0v) is 6.89. The summed E-state index contributed by atoms with van der Waals surface area (Å²) in [6.45, 7) is 0.408. The van der Waals surface area contributed by atoms with Crippen LogP contribution in [-0.4, -0.2) is 17.0 Å². The summed E-state index contributed by atoms with van der Waals surface area (Å²) in [4.78, 5) is 6.83. The molecule has 72 valence electrons. The van der Waals surface area contributed by atoms with Gasteiger partial charge in [-0.15, -0.1) is 0 Å². The second-order valence-corrected chi connectivity index (χ2v) is 2.42. The van der Waals surface area contributed by atoms with Crippen molar-refractivity contribution in [1.82, 2.24) is 15.3 Å². The smallest absolute Gasteiger partial charge is 0.314 e. The van der Waals surface area contributed by atoms with Crippen molar-refractivity contribution < 1.29 is 13.2 Å². The quantitative estimate of drug-likeness (QED) is 0.763. The van der Waals surface area contributed by atoms with Gasteiger partial charge in [0.25, 0.3) is 0 Å². The van der Waals surface area contributed by atoms with Crippen LogP contribution in [0, 0.1) is 0 Å². The van der Waals surface area contributed by atoms with Gasteiger partial charge in [0.1, 0.15) is 0 Å². The third-order valence-corrected chi connectivity index (χ3v) is 1.35. The summed E-state index contributed by atoms with van der Waals surface area (Å²) < 4.78 is 36.0. The van der Waals surface area contributed by atoms with Gasteiger partial charge in [0, 0.05) is 6.54 Å². The van der Waals surface area contributed by atoms with Crippen molar-refractivity contribution in [3.05, 3.63) is 23.8 Å². The van der Waals surface area contributed by atoms with Gasteiger partial charge in [-0.05, 0) is 7.05 Å². The Labute approximate surface area is 73.0 Å². The lowest BCUT2D eigenvalue weighted by Gasteiger charge is -2.05. The Balaban J connectivity index is 2.81. The molecule has 0 aliphatic carbocycles. The van der Waals surface area contributed by atoms with E-state index in [1.54, 1.807) is 7.05 Å². The monoisotopic (exact) mass is 191 g/mol. The minimum absolute atomic E-state index is 0.408. The molecule has 0 radical (unpaired) electrons. The lowest BCUT2D eigenvalue weighted by molar-refractivity contribution is -0.141. The Hall–Kier alpha value is -1.17. The summed E-state index contributed by atoms with van der Waals surface area (Å²) in [6.07, 6.45) is -2.57. The van der Waals surface area contributed by atoms with Gasteiger partial charge in [-0.1, -0.05) is 0 Å². The fraction of sp³-hybridized carbons (Fsp3) is 0.429. The molecule has 3 nitrogen and oxygen atoms in total. The van der Waals surface area contributed by atoms with Gasteiger partial charge in [-0.3, -0.25) is 4.98 Å². The molecular weight excluding hydrogens is 183 g/mol. The first-order valence-electron chi connectivity index (χ1n) is 3.57. The summed E-state index contributed by atoms with van der Waals surface area (Å²) in [5.41, 5.74) is -0.483. The summed E-state index contributed by atoms with van der Waals surface area (Å²) in [7, 11) is 1.68. The van der Waals surface area contributed by atoms with Gasteiger partial charge < -0.3 is 5.32 Å². The Kier molecular flexibility index (Phi) is 2.82. The Morgan fingerprint density at radius 2 is 2.00 bits per heavy atom. The third kappa shape index (κ3) is 2.66. The van der Waals surface area contributed by atoms with E-state index < -0.39 is 11.9 Å². The maximum Gasteiger partial charge on any atom is 0.434 e. The number of nitrogens with one attached hydrogen (secondary N) is 1. The van der Waals surface area contributed by atoms with Gasteiger partial charge in [-0.2, -0.15) is 13.2 Å². The predicted molar refractivity (Wildman–Crippen MR) is 39.8 cm³/mol. The SMILES string of the molecule is CNCc1cnc(C(F)(F)F)cn1. The fourth-order valence-corrected chi connectivity index (χ4v) is 0.774. The van der Waals surface area contributed by atoms with Gasteiger partial charge in [-0.25, -0.2) is 4.98 Å². The lowest BCUT2D eigenvalue weighted by Crippen LogP contribution is -2.12. The molecule has 0 atom stereocenters. The predicted octanol–water partition coefficient (Wildman–Crippen LogP) is 1.21. The van der Waals surface area contributed by atoms with Crippen LogP contribution in [0.25, 0.3) is 0 Å². The molecule has 0 unspecified atom stereocenters.